The van der Waals surface area contributed by atoms with Crippen molar-refractivity contribution >= 4 is 41.1 Å². The number of ether oxygens (including phenoxy) is 1. The molecular formula is C28H37ClN4O6. The predicted octanol–water partition coefficient (Wildman–Crippen LogP) is 4.43. The van der Waals surface area contributed by atoms with Gasteiger partial charge in [0, 0.05) is 11.6 Å². The molecule has 212 valence electrons. The Morgan fingerprint density at radius 3 is 2.28 bits per heavy atom. The molecule has 5 N–H and O–H groups in total. The van der Waals surface area contributed by atoms with Crippen molar-refractivity contribution in [2.24, 2.45) is 5.73 Å². The Kier molecular flexibility index (Phi) is 10.7. The van der Waals surface area contributed by atoms with E-state index in [2.05, 4.69) is 10.6 Å². The van der Waals surface area contributed by atoms with Gasteiger partial charge < -0.3 is 31.1 Å². The minimum absolute atomic E-state index is 0.142. The maximum atomic E-state index is 14.1. The summed E-state index contributed by atoms with van der Waals surface area (Å²) in [5.74, 6) is -2.48. The van der Waals surface area contributed by atoms with Crippen LogP contribution in [0.1, 0.15) is 64.6 Å². The molecule has 39 heavy (non-hydrogen) atoms. The van der Waals surface area contributed by atoms with Gasteiger partial charge in [0.1, 0.15) is 23.4 Å². The summed E-state index contributed by atoms with van der Waals surface area (Å²) in [5.41, 5.74) is 5.72. The summed E-state index contributed by atoms with van der Waals surface area (Å²) in [6.07, 6.45) is -1.06. The molecule has 0 aliphatic rings. The third-order valence-corrected chi connectivity index (χ3v) is 6.26. The number of hydrogen-bond donors (Lipinski definition) is 4. The lowest BCUT2D eigenvalue weighted by atomic mass is 9.98. The highest BCUT2D eigenvalue weighted by Gasteiger charge is 2.40. The second-order valence-corrected chi connectivity index (χ2v) is 10.7. The van der Waals surface area contributed by atoms with E-state index in [1.165, 1.54) is 17.0 Å². The zero-order valence-corrected chi connectivity index (χ0v) is 23.8. The van der Waals surface area contributed by atoms with Crippen molar-refractivity contribution in [2.75, 3.05) is 5.32 Å². The molecule has 2 rings (SSSR count). The molecule has 0 aliphatic heterocycles. The van der Waals surface area contributed by atoms with Crippen LogP contribution in [0.25, 0.3) is 0 Å². The Labute approximate surface area is 233 Å². The maximum absolute atomic E-state index is 14.1. The molecule has 2 aromatic rings. The standard InChI is InChI=1S/C28H37ClN4O6/c1-7-17(3)33(26(37)20(15-22(30)35)31-27(38)39-28(4,5)6)24(18-12-8-9-14-21(18)34)25(36)32-23-16(2)11-10-13-19(23)29/h8-14,17,20,24,34H,7,15H2,1-6H3,(H2,30,35)(H,31,38)(H,32,36). The lowest BCUT2D eigenvalue weighted by Crippen LogP contribution is -2.55. The van der Waals surface area contributed by atoms with Crippen molar-refractivity contribution in [3.8, 4) is 5.75 Å². The van der Waals surface area contributed by atoms with Crippen LogP contribution in [0, 0.1) is 6.92 Å². The number of amides is 4. The van der Waals surface area contributed by atoms with Crippen molar-refractivity contribution in [1.29, 1.82) is 0 Å². The van der Waals surface area contributed by atoms with E-state index in [1.807, 2.05) is 6.92 Å². The molecule has 11 heteroatoms. The molecule has 2 aromatic carbocycles. The number of alkyl carbamates (subject to hydrolysis) is 1. The van der Waals surface area contributed by atoms with Gasteiger partial charge >= 0.3 is 6.09 Å². The van der Waals surface area contributed by atoms with E-state index in [9.17, 15) is 24.3 Å². The molecule has 0 saturated carbocycles. The maximum Gasteiger partial charge on any atom is 0.408 e. The second kappa shape index (κ2) is 13.3. The highest BCUT2D eigenvalue weighted by Crippen LogP contribution is 2.34. The van der Waals surface area contributed by atoms with Crippen LogP contribution in [0.15, 0.2) is 42.5 Å². The average Bonchev–Trinajstić information content (AvgIpc) is 2.82. The number of carbonyl (C=O) groups excluding carboxylic acids is 4. The lowest BCUT2D eigenvalue weighted by Gasteiger charge is -2.38. The SMILES string of the molecule is CCC(C)N(C(=O)C(CC(N)=O)NC(=O)OC(C)(C)C)C(C(=O)Nc1c(C)cccc1Cl)c1ccccc1O. The Morgan fingerprint density at radius 2 is 1.74 bits per heavy atom. The molecule has 0 aromatic heterocycles. The highest BCUT2D eigenvalue weighted by molar-refractivity contribution is 6.34. The number of primary amides is 1. The highest BCUT2D eigenvalue weighted by atomic mass is 35.5. The molecule has 10 nitrogen and oxygen atoms in total. The Balaban J connectivity index is 2.63. The molecule has 0 saturated heterocycles. The molecule has 0 spiro atoms. The molecule has 0 aliphatic carbocycles. The first-order valence-corrected chi connectivity index (χ1v) is 13.0. The Morgan fingerprint density at radius 1 is 1.10 bits per heavy atom. The number of anilines is 1. The number of halogens is 1. The van der Waals surface area contributed by atoms with Gasteiger partial charge in [0.2, 0.25) is 11.8 Å². The van der Waals surface area contributed by atoms with Gasteiger partial charge in [-0.1, -0.05) is 48.9 Å². The van der Waals surface area contributed by atoms with Crippen LogP contribution in [0.2, 0.25) is 5.02 Å². The summed E-state index contributed by atoms with van der Waals surface area (Å²) < 4.78 is 5.28. The van der Waals surface area contributed by atoms with E-state index in [0.29, 0.717) is 22.7 Å². The van der Waals surface area contributed by atoms with Gasteiger partial charge in [0.25, 0.3) is 5.91 Å². The first-order valence-electron chi connectivity index (χ1n) is 12.6. The number of carbonyl (C=O) groups is 4. The van der Waals surface area contributed by atoms with Gasteiger partial charge in [-0.2, -0.15) is 0 Å². The molecule has 0 bridgehead atoms. The number of nitrogens with one attached hydrogen (secondary N) is 2. The van der Waals surface area contributed by atoms with E-state index in [-0.39, 0.29) is 11.3 Å². The molecule has 0 heterocycles. The van der Waals surface area contributed by atoms with Crippen molar-refractivity contribution in [2.45, 2.75) is 78.1 Å². The van der Waals surface area contributed by atoms with Crippen molar-refractivity contribution in [3.05, 3.63) is 58.6 Å². The number of aryl methyl sites for hydroxylation is 1. The summed E-state index contributed by atoms with van der Waals surface area (Å²) in [7, 11) is 0. The second-order valence-electron chi connectivity index (χ2n) is 10.3. The number of para-hydroxylation sites is 2. The fourth-order valence-corrected chi connectivity index (χ4v) is 4.21. The van der Waals surface area contributed by atoms with Crippen LogP contribution in [0.5, 0.6) is 5.75 Å². The zero-order chi connectivity index (χ0) is 29.5. The van der Waals surface area contributed by atoms with Crippen LogP contribution >= 0.6 is 11.6 Å². The minimum atomic E-state index is -1.44. The van der Waals surface area contributed by atoms with Gasteiger partial charge in [-0.25, -0.2) is 4.79 Å². The van der Waals surface area contributed by atoms with Crippen LogP contribution in [-0.4, -0.2) is 51.5 Å². The number of rotatable bonds is 10. The van der Waals surface area contributed by atoms with E-state index in [4.69, 9.17) is 22.1 Å². The Hall–Kier alpha value is -3.79. The number of aromatic hydroxyl groups is 1. The summed E-state index contributed by atoms with van der Waals surface area (Å²) >= 11 is 6.35. The lowest BCUT2D eigenvalue weighted by molar-refractivity contribution is -0.144. The minimum Gasteiger partial charge on any atom is -0.508 e. The van der Waals surface area contributed by atoms with E-state index < -0.39 is 54.0 Å². The van der Waals surface area contributed by atoms with Crippen molar-refractivity contribution in [3.63, 3.8) is 0 Å². The van der Waals surface area contributed by atoms with Crippen molar-refractivity contribution < 1.29 is 29.0 Å². The fourth-order valence-electron chi connectivity index (χ4n) is 3.94. The number of hydrogen-bond acceptors (Lipinski definition) is 6. The zero-order valence-electron chi connectivity index (χ0n) is 23.1. The van der Waals surface area contributed by atoms with E-state index in [0.717, 1.165) is 0 Å². The first kappa shape index (κ1) is 31.4. The smallest absolute Gasteiger partial charge is 0.408 e. The number of nitrogens with zero attached hydrogens (tertiary/aromatic N) is 1. The monoisotopic (exact) mass is 560 g/mol. The Bertz CT molecular complexity index is 1190. The third kappa shape index (κ3) is 8.61. The summed E-state index contributed by atoms with van der Waals surface area (Å²) in [5, 5.41) is 16.2. The molecule has 3 unspecified atom stereocenters. The third-order valence-electron chi connectivity index (χ3n) is 5.94. The molecule has 3 atom stereocenters. The molecular weight excluding hydrogens is 524 g/mol. The van der Waals surface area contributed by atoms with Gasteiger partial charge in [-0.05, 0) is 58.7 Å². The summed E-state index contributed by atoms with van der Waals surface area (Å²) in [6.45, 7) is 10.2. The number of phenolic OH excluding ortho intramolecular Hbond substituents is 1. The van der Waals surface area contributed by atoms with Gasteiger partial charge in [-0.3, -0.25) is 14.4 Å². The molecule has 4 amide bonds. The van der Waals surface area contributed by atoms with E-state index in [1.54, 1.807) is 65.0 Å². The quantitative estimate of drug-likeness (QED) is 0.337. The molecule has 0 radical (unpaired) electrons. The summed E-state index contributed by atoms with van der Waals surface area (Å²) in [6, 6.07) is 7.87. The van der Waals surface area contributed by atoms with Crippen LogP contribution < -0.4 is 16.4 Å². The average molecular weight is 561 g/mol. The van der Waals surface area contributed by atoms with E-state index >= 15 is 0 Å². The van der Waals surface area contributed by atoms with Crippen LogP contribution in [0.4, 0.5) is 10.5 Å². The fraction of sp³-hybridized carbons (Fsp3) is 0.429. The molecule has 0 fully saturated rings. The predicted molar refractivity (Wildman–Crippen MR) is 149 cm³/mol. The van der Waals surface area contributed by atoms with Crippen LogP contribution in [0.3, 0.4) is 0 Å². The number of benzene rings is 2. The van der Waals surface area contributed by atoms with Gasteiger partial charge in [0.05, 0.1) is 17.1 Å². The van der Waals surface area contributed by atoms with Gasteiger partial charge in [-0.15, -0.1) is 0 Å². The summed E-state index contributed by atoms with van der Waals surface area (Å²) in [4.78, 5) is 53.7. The normalized spacial score (nSPS) is 13.5. The number of phenols is 1. The number of nitrogens with two attached hydrogens (primary N) is 1. The first-order chi connectivity index (χ1) is 18.2. The topological polar surface area (TPSA) is 151 Å². The van der Waals surface area contributed by atoms with Crippen LogP contribution in [-0.2, 0) is 19.1 Å². The van der Waals surface area contributed by atoms with Crippen molar-refractivity contribution in [1.82, 2.24) is 10.2 Å². The van der Waals surface area contributed by atoms with Gasteiger partial charge in [0.15, 0.2) is 0 Å². The largest absolute Gasteiger partial charge is 0.508 e.